The van der Waals surface area contributed by atoms with Crippen LogP contribution in [0.15, 0.2) is 18.2 Å². The molecule has 22 heavy (non-hydrogen) atoms. The molecule has 1 aliphatic heterocycles. The van der Waals surface area contributed by atoms with Gasteiger partial charge in [0.15, 0.2) is 0 Å². The molecule has 5 heteroatoms. The molecule has 1 aromatic carbocycles. The van der Waals surface area contributed by atoms with E-state index in [9.17, 15) is 4.79 Å². The Bertz CT molecular complexity index is 517. The largest absolute Gasteiger partial charge is 0.496 e. The number of amides is 1. The van der Waals surface area contributed by atoms with E-state index in [1.54, 1.807) is 18.9 Å². The molecule has 1 fully saturated rings. The van der Waals surface area contributed by atoms with Gasteiger partial charge in [-0.25, -0.2) is 0 Å². The molecule has 0 radical (unpaired) electrons. The molecule has 0 N–H and O–H groups in total. The molecule has 1 saturated heterocycles. The fourth-order valence-corrected chi connectivity index (χ4v) is 3.85. The number of carbonyl (C=O) groups is 1. The third-order valence-electron chi connectivity index (χ3n) is 3.72. The Morgan fingerprint density at radius 3 is 2.50 bits per heavy atom. The predicted octanol–water partition coefficient (Wildman–Crippen LogP) is 3.72. The maximum absolute atomic E-state index is 13.2. The molecule has 0 aromatic heterocycles. The Morgan fingerprint density at radius 2 is 2.00 bits per heavy atom. The molecule has 1 unspecified atom stereocenters. The van der Waals surface area contributed by atoms with Crippen molar-refractivity contribution in [1.29, 1.82) is 0 Å². The first kappa shape index (κ1) is 17.2. The lowest BCUT2D eigenvalue weighted by atomic mass is 10.0. The lowest BCUT2D eigenvalue weighted by Gasteiger charge is -2.32. The number of methoxy groups -OCH3 is 1. The van der Waals surface area contributed by atoms with E-state index in [1.165, 1.54) is 0 Å². The van der Waals surface area contributed by atoms with Gasteiger partial charge in [0.05, 0.1) is 19.3 Å². The predicted molar refractivity (Wildman–Crippen MR) is 90.6 cm³/mol. The summed E-state index contributed by atoms with van der Waals surface area (Å²) in [5.74, 6) is 1.58. The zero-order chi connectivity index (χ0) is 16.3. The van der Waals surface area contributed by atoms with E-state index in [-0.39, 0.29) is 23.4 Å². The van der Waals surface area contributed by atoms with Crippen LogP contribution >= 0.6 is 11.8 Å². The number of ether oxygens (including phenoxy) is 2. The summed E-state index contributed by atoms with van der Waals surface area (Å²) in [7, 11) is 1.60. The van der Waals surface area contributed by atoms with Crippen molar-refractivity contribution in [3.05, 3.63) is 29.3 Å². The number of nitrogens with zero attached hydrogens (tertiary/aromatic N) is 1. The van der Waals surface area contributed by atoms with Crippen molar-refractivity contribution < 1.29 is 14.3 Å². The molecule has 122 valence electrons. The van der Waals surface area contributed by atoms with Gasteiger partial charge < -0.3 is 14.4 Å². The number of hydrogen-bond donors (Lipinski definition) is 0. The van der Waals surface area contributed by atoms with Crippen LogP contribution in [0.1, 0.15) is 49.1 Å². The summed E-state index contributed by atoms with van der Waals surface area (Å²) < 4.78 is 11.2. The Kier molecular flexibility index (Phi) is 5.75. The van der Waals surface area contributed by atoms with E-state index in [1.807, 2.05) is 50.8 Å². The minimum atomic E-state index is -0.0878. The van der Waals surface area contributed by atoms with Crippen LogP contribution < -0.4 is 4.74 Å². The second-order valence-electron chi connectivity index (χ2n) is 5.90. The van der Waals surface area contributed by atoms with Gasteiger partial charge in [-0.2, -0.15) is 0 Å². The van der Waals surface area contributed by atoms with Crippen LogP contribution in [0.3, 0.4) is 0 Å². The lowest BCUT2D eigenvalue weighted by Crippen LogP contribution is -2.42. The first-order chi connectivity index (χ1) is 10.5. The summed E-state index contributed by atoms with van der Waals surface area (Å²) in [5, 5.41) is 0. The van der Waals surface area contributed by atoms with Crippen LogP contribution in [-0.2, 0) is 4.74 Å². The first-order valence-corrected chi connectivity index (χ1v) is 8.75. The van der Waals surface area contributed by atoms with Crippen molar-refractivity contribution in [3.63, 3.8) is 0 Å². The fourth-order valence-electron chi connectivity index (χ4n) is 2.88. The van der Waals surface area contributed by atoms with Crippen molar-refractivity contribution in [1.82, 2.24) is 4.90 Å². The van der Waals surface area contributed by atoms with Gasteiger partial charge >= 0.3 is 0 Å². The Hall–Kier alpha value is -1.20. The van der Waals surface area contributed by atoms with Gasteiger partial charge in [-0.05, 0) is 33.8 Å². The number of hydrogen-bond acceptors (Lipinski definition) is 4. The van der Waals surface area contributed by atoms with Gasteiger partial charge in [0.25, 0.3) is 5.91 Å². The Balaban J connectivity index is 2.49. The molecule has 1 amide bonds. The molecule has 1 aliphatic rings. The fraction of sp³-hybridized carbons (Fsp3) is 0.588. The first-order valence-electron chi connectivity index (χ1n) is 7.70. The van der Waals surface area contributed by atoms with Crippen LogP contribution in [0.25, 0.3) is 0 Å². The Morgan fingerprint density at radius 1 is 1.32 bits per heavy atom. The molecular weight excluding hydrogens is 298 g/mol. The minimum absolute atomic E-state index is 0.00792. The zero-order valence-corrected chi connectivity index (χ0v) is 14.8. The van der Waals surface area contributed by atoms with Gasteiger partial charge in [0.2, 0.25) is 0 Å². The van der Waals surface area contributed by atoms with Crippen molar-refractivity contribution >= 4 is 17.7 Å². The topological polar surface area (TPSA) is 38.8 Å². The maximum atomic E-state index is 13.2. The van der Waals surface area contributed by atoms with Crippen molar-refractivity contribution in [2.24, 2.45) is 0 Å². The highest BCUT2D eigenvalue weighted by atomic mass is 32.2. The highest BCUT2D eigenvalue weighted by Crippen LogP contribution is 2.40. The maximum Gasteiger partial charge on any atom is 0.258 e. The highest BCUT2D eigenvalue weighted by Gasteiger charge is 2.31. The number of thioether (sulfide) groups is 1. The average Bonchev–Trinajstić information content (AvgIpc) is 2.99. The van der Waals surface area contributed by atoms with Crippen molar-refractivity contribution in [2.45, 2.75) is 45.2 Å². The quantitative estimate of drug-likeness (QED) is 0.828. The second kappa shape index (κ2) is 7.38. The third-order valence-corrected chi connectivity index (χ3v) is 4.81. The summed E-state index contributed by atoms with van der Waals surface area (Å²) >= 11 is 1.73. The van der Waals surface area contributed by atoms with E-state index >= 15 is 0 Å². The van der Waals surface area contributed by atoms with E-state index in [0.717, 1.165) is 17.9 Å². The highest BCUT2D eigenvalue weighted by molar-refractivity contribution is 7.99. The molecular formula is C17H25NO3S. The average molecular weight is 323 g/mol. The number of rotatable bonds is 5. The summed E-state index contributed by atoms with van der Waals surface area (Å²) in [6, 6.07) is 5.99. The van der Waals surface area contributed by atoms with E-state index < -0.39 is 0 Å². The van der Waals surface area contributed by atoms with Crippen LogP contribution in [-0.4, -0.2) is 42.4 Å². The molecule has 1 heterocycles. The molecule has 0 bridgehead atoms. The monoisotopic (exact) mass is 323 g/mol. The van der Waals surface area contributed by atoms with Gasteiger partial charge in [-0.1, -0.05) is 12.1 Å². The molecule has 0 spiro atoms. The SMILES string of the molecule is COc1cccc(C2OCCS2)c1C(=O)N(C(C)C)C(C)C. The molecule has 1 atom stereocenters. The molecule has 0 saturated carbocycles. The van der Waals surface area contributed by atoms with E-state index in [4.69, 9.17) is 9.47 Å². The number of carbonyl (C=O) groups excluding carboxylic acids is 1. The van der Waals surface area contributed by atoms with E-state index in [2.05, 4.69) is 0 Å². The van der Waals surface area contributed by atoms with E-state index in [0.29, 0.717) is 11.3 Å². The summed E-state index contributed by atoms with van der Waals surface area (Å²) in [4.78, 5) is 15.1. The second-order valence-corrected chi connectivity index (χ2v) is 7.07. The lowest BCUT2D eigenvalue weighted by molar-refractivity contribution is 0.0633. The molecule has 4 nitrogen and oxygen atoms in total. The zero-order valence-electron chi connectivity index (χ0n) is 14.0. The summed E-state index contributed by atoms with van der Waals surface area (Å²) in [6.45, 7) is 8.86. The van der Waals surface area contributed by atoms with Crippen LogP contribution in [0.4, 0.5) is 0 Å². The van der Waals surface area contributed by atoms with Crippen molar-refractivity contribution in [2.75, 3.05) is 19.5 Å². The third kappa shape index (κ3) is 3.41. The standard InChI is InChI=1S/C17H25NO3S/c1-11(2)18(12(3)4)16(19)15-13(17-21-9-10-22-17)7-6-8-14(15)20-5/h6-8,11-12,17H,9-10H2,1-5H3. The molecule has 2 rings (SSSR count). The normalized spacial score (nSPS) is 18.0. The van der Waals surface area contributed by atoms with Gasteiger partial charge in [0, 0.05) is 23.4 Å². The minimum Gasteiger partial charge on any atom is -0.496 e. The number of benzene rings is 1. The smallest absolute Gasteiger partial charge is 0.258 e. The van der Waals surface area contributed by atoms with Crippen LogP contribution in [0.5, 0.6) is 5.75 Å². The summed E-state index contributed by atoms with van der Waals surface area (Å²) in [5.41, 5.74) is 1.46. The molecule has 1 aromatic rings. The Labute approximate surface area is 137 Å². The van der Waals surface area contributed by atoms with Crippen LogP contribution in [0, 0.1) is 0 Å². The van der Waals surface area contributed by atoms with Gasteiger partial charge in [-0.15, -0.1) is 11.8 Å². The van der Waals surface area contributed by atoms with Crippen molar-refractivity contribution in [3.8, 4) is 5.75 Å². The van der Waals surface area contributed by atoms with Crippen LogP contribution in [0.2, 0.25) is 0 Å². The molecule has 0 aliphatic carbocycles. The van der Waals surface area contributed by atoms with Gasteiger partial charge in [0.1, 0.15) is 11.2 Å². The summed E-state index contributed by atoms with van der Waals surface area (Å²) in [6.07, 6.45) is 0. The van der Waals surface area contributed by atoms with Gasteiger partial charge in [-0.3, -0.25) is 4.79 Å².